The van der Waals surface area contributed by atoms with Crippen molar-refractivity contribution in [1.29, 1.82) is 0 Å². The number of nitrogens with zero attached hydrogens (tertiary/aromatic N) is 7. The Hall–Kier alpha value is -7.27. The number of likely N-dealkylation sites (tertiary alicyclic amines) is 2. The van der Waals surface area contributed by atoms with Gasteiger partial charge in [0.25, 0.3) is 0 Å². The minimum absolute atomic E-state index is 0.280. The molecular formula is C51H46BrN9O6. The summed E-state index contributed by atoms with van der Waals surface area (Å²) >= 11 is 3.55. The van der Waals surface area contributed by atoms with Gasteiger partial charge >= 0.3 is 11.4 Å². The smallest absolute Gasteiger partial charge is 0.348 e. The summed E-state index contributed by atoms with van der Waals surface area (Å²) in [5.74, 6) is -0.636. The van der Waals surface area contributed by atoms with Crippen LogP contribution >= 0.6 is 15.9 Å². The lowest BCUT2D eigenvalue weighted by atomic mass is 10.0. The molecule has 4 aromatic carbocycles. The van der Waals surface area contributed by atoms with Crippen LogP contribution in [0.15, 0.2) is 144 Å². The Kier molecular flexibility index (Phi) is 12.1. The first-order valence-corrected chi connectivity index (χ1v) is 23.1. The van der Waals surface area contributed by atoms with Crippen LogP contribution in [0.2, 0.25) is 0 Å². The molecule has 7 heterocycles. The second-order valence-electron chi connectivity index (χ2n) is 16.8. The molecular weight excluding hydrogens is 915 g/mol. The average molecular weight is 961 g/mol. The summed E-state index contributed by atoms with van der Waals surface area (Å²) in [6.45, 7) is 3.39. The van der Waals surface area contributed by atoms with Crippen LogP contribution in [-0.4, -0.2) is 84.0 Å². The van der Waals surface area contributed by atoms with Crippen molar-refractivity contribution in [1.82, 2.24) is 33.9 Å². The first-order chi connectivity index (χ1) is 32.7. The van der Waals surface area contributed by atoms with Crippen LogP contribution in [0.1, 0.15) is 25.7 Å². The fourth-order valence-corrected chi connectivity index (χ4v) is 10.1. The molecule has 5 aromatic heterocycles. The molecule has 2 amide bonds. The molecule has 2 fully saturated rings. The van der Waals surface area contributed by atoms with E-state index >= 15 is 0 Å². The highest BCUT2D eigenvalue weighted by Crippen LogP contribution is 2.39. The standard InChI is InChI=1S/C28H25N5O3.C23H21BrN4O3/c29-27(34)22-10-5-15-32(22)16-17-33-24-21-9-4-8-20(18-11-13-30-14-12-18)25(21)36-26(24)23(31-28(33)35)19-6-2-1-3-7-19;24-16-9-4-8-15-19-21(31-20(15)16)18(14-6-2-1-3-7-14)26-23(30)28(19)13-12-27-11-5-10-17(27)22(25)29/h1-4,6-9,11-14,22H,5,10,15-17H2,(H2,29,34);1-4,6-9,17H,5,10-13H2,(H2,25,29)/t22-;17-/m11/s1. The maximum absolute atomic E-state index is 13.4. The van der Waals surface area contributed by atoms with E-state index in [-0.39, 0.29) is 35.3 Å². The van der Waals surface area contributed by atoms with Crippen molar-refractivity contribution in [2.45, 2.75) is 50.9 Å². The minimum atomic E-state index is -0.354. The molecule has 2 atom stereocenters. The molecule has 0 aliphatic carbocycles. The molecule has 9 aromatic rings. The number of nitrogens with two attached hydrogens (primary N) is 2. The summed E-state index contributed by atoms with van der Waals surface area (Å²) < 4.78 is 16.9. The third-order valence-corrected chi connectivity index (χ3v) is 13.5. The molecule has 16 heteroatoms. The van der Waals surface area contributed by atoms with Crippen molar-refractivity contribution in [3.63, 3.8) is 0 Å². The molecule has 0 unspecified atom stereocenters. The zero-order chi connectivity index (χ0) is 46.2. The van der Waals surface area contributed by atoms with Gasteiger partial charge in [0.15, 0.2) is 16.7 Å². The first kappa shape index (κ1) is 43.6. The zero-order valence-electron chi connectivity index (χ0n) is 36.4. The van der Waals surface area contributed by atoms with E-state index in [1.54, 1.807) is 21.5 Å². The van der Waals surface area contributed by atoms with E-state index in [0.29, 0.717) is 70.9 Å². The summed E-state index contributed by atoms with van der Waals surface area (Å²) in [5, 5.41) is 1.68. The molecule has 4 N–H and O–H groups in total. The molecule has 2 saturated heterocycles. The number of fused-ring (bicyclic) bond motifs is 6. The molecule has 11 rings (SSSR count). The van der Waals surface area contributed by atoms with E-state index in [4.69, 9.17) is 20.3 Å². The zero-order valence-corrected chi connectivity index (χ0v) is 38.0. The van der Waals surface area contributed by atoms with Crippen LogP contribution in [0.25, 0.3) is 77.8 Å². The third kappa shape index (κ3) is 8.32. The van der Waals surface area contributed by atoms with E-state index in [9.17, 15) is 19.2 Å². The number of hydrogen-bond donors (Lipinski definition) is 2. The van der Waals surface area contributed by atoms with Gasteiger partial charge in [0.2, 0.25) is 11.8 Å². The van der Waals surface area contributed by atoms with E-state index < -0.39 is 0 Å². The van der Waals surface area contributed by atoms with E-state index in [0.717, 1.165) is 76.3 Å². The Bertz CT molecular complexity index is 3430. The van der Waals surface area contributed by atoms with Gasteiger partial charge in [0.05, 0.1) is 16.6 Å². The fraction of sp³-hybridized carbons (Fsp3) is 0.235. The number of benzene rings is 4. The van der Waals surface area contributed by atoms with Crippen LogP contribution in [0.4, 0.5) is 0 Å². The summed E-state index contributed by atoms with van der Waals surface area (Å²) in [7, 11) is 0. The minimum Gasteiger partial charge on any atom is -0.451 e. The number of para-hydroxylation sites is 2. The van der Waals surface area contributed by atoms with E-state index in [2.05, 4.69) is 35.8 Å². The molecule has 0 spiro atoms. The number of hydrogen-bond acceptors (Lipinski definition) is 11. The van der Waals surface area contributed by atoms with Crippen LogP contribution in [0, 0.1) is 0 Å². The number of primary amides is 2. The Balaban J connectivity index is 0.000000159. The number of amides is 2. The number of carbonyl (C=O) groups excluding carboxylic acids is 2. The lowest BCUT2D eigenvalue weighted by molar-refractivity contribution is -0.123. The Morgan fingerprint density at radius 2 is 1.04 bits per heavy atom. The SMILES string of the molecule is NC(=O)[C@H]1CCCN1CCn1c(=O)nc(-c2ccccc2)c2oc3c(-c4ccncc4)cccc3c21.NC(=O)[C@H]1CCCN1CCn1c(=O)nc(-c2ccccc2)c2oc3c(Br)cccc3c21. The van der Waals surface area contributed by atoms with Gasteiger partial charge in [-0.15, -0.1) is 0 Å². The molecule has 338 valence electrons. The van der Waals surface area contributed by atoms with Gasteiger partial charge in [-0.05, 0) is 90.6 Å². The second kappa shape index (κ2) is 18.5. The molecule has 2 aliphatic heterocycles. The van der Waals surface area contributed by atoms with Gasteiger partial charge in [-0.3, -0.25) is 33.5 Å². The van der Waals surface area contributed by atoms with Crippen molar-refractivity contribution in [3.05, 3.63) is 147 Å². The molecule has 0 saturated carbocycles. The van der Waals surface area contributed by atoms with Crippen molar-refractivity contribution < 1.29 is 18.4 Å². The van der Waals surface area contributed by atoms with Gasteiger partial charge in [-0.1, -0.05) is 78.9 Å². The Labute approximate surface area is 391 Å². The number of aromatic nitrogens is 5. The maximum Gasteiger partial charge on any atom is 0.348 e. The summed E-state index contributed by atoms with van der Waals surface area (Å²) in [5.41, 5.74) is 18.9. The topological polar surface area (TPSA) is 202 Å². The largest absolute Gasteiger partial charge is 0.451 e. The maximum atomic E-state index is 13.4. The highest BCUT2D eigenvalue weighted by Gasteiger charge is 2.31. The second-order valence-corrected chi connectivity index (χ2v) is 17.7. The van der Waals surface area contributed by atoms with Crippen LogP contribution < -0.4 is 22.8 Å². The number of carbonyl (C=O) groups is 2. The first-order valence-electron chi connectivity index (χ1n) is 22.3. The summed E-state index contributed by atoms with van der Waals surface area (Å²) in [4.78, 5) is 67.3. The normalized spacial score (nSPS) is 16.6. The lowest BCUT2D eigenvalue weighted by Gasteiger charge is -2.22. The molecule has 0 radical (unpaired) electrons. The third-order valence-electron chi connectivity index (χ3n) is 12.9. The number of rotatable bonds is 11. The molecule has 2 aliphatic rings. The van der Waals surface area contributed by atoms with Gasteiger partial charge in [0, 0.05) is 66.0 Å². The van der Waals surface area contributed by atoms with Crippen LogP contribution in [0.5, 0.6) is 0 Å². The number of pyridine rings is 1. The molecule has 0 bridgehead atoms. The van der Waals surface area contributed by atoms with Crippen LogP contribution in [0.3, 0.4) is 0 Å². The predicted octanol–water partition coefficient (Wildman–Crippen LogP) is 7.34. The van der Waals surface area contributed by atoms with Gasteiger partial charge < -0.3 is 20.3 Å². The van der Waals surface area contributed by atoms with Gasteiger partial charge in [-0.25, -0.2) is 9.59 Å². The summed E-state index contributed by atoms with van der Waals surface area (Å²) in [6, 6.07) is 34.1. The van der Waals surface area contributed by atoms with Crippen molar-refractivity contribution in [2.75, 3.05) is 26.2 Å². The Morgan fingerprint density at radius 1 is 0.567 bits per heavy atom. The summed E-state index contributed by atoms with van der Waals surface area (Å²) in [6.07, 6.45) is 6.82. The monoisotopic (exact) mass is 959 g/mol. The van der Waals surface area contributed by atoms with Crippen molar-refractivity contribution in [2.24, 2.45) is 11.5 Å². The predicted molar refractivity (Wildman–Crippen MR) is 261 cm³/mol. The van der Waals surface area contributed by atoms with Crippen molar-refractivity contribution >= 4 is 71.9 Å². The van der Waals surface area contributed by atoms with Gasteiger partial charge in [-0.2, -0.15) is 9.97 Å². The van der Waals surface area contributed by atoms with Crippen molar-refractivity contribution in [3.8, 4) is 33.6 Å². The lowest BCUT2D eigenvalue weighted by Crippen LogP contribution is -2.42. The quantitative estimate of drug-likeness (QED) is 0.131. The van der Waals surface area contributed by atoms with E-state index in [1.165, 1.54) is 0 Å². The number of furan rings is 2. The highest BCUT2D eigenvalue weighted by molar-refractivity contribution is 9.10. The van der Waals surface area contributed by atoms with E-state index in [1.807, 2.05) is 114 Å². The average Bonchev–Trinajstić information content (AvgIpc) is 4.18. The Morgan fingerprint density at radius 3 is 1.55 bits per heavy atom. The van der Waals surface area contributed by atoms with Crippen LogP contribution in [-0.2, 0) is 22.7 Å². The molecule has 67 heavy (non-hydrogen) atoms. The number of halogens is 1. The highest BCUT2D eigenvalue weighted by atomic mass is 79.9. The fourth-order valence-electron chi connectivity index (χ4n) is 9.69. The van der Waals surface area contributed by atoms with Gasteiger partial charge in [0.1, 0.15) is 28.0 Å². The molecule has 15 nitrogen and oxygen atoms in total.